The maximum atomic E-state index is 10.7. The molecule has 2 N–H and O–H groups in total. The van der Waals surface area contributed by atoms with Crippen LogP contribution < -0.4 is 5.32 Å². The molecule has 1 aliphatic carbocycles. The normalized spacial score (nSPS) is 37.6. The molecule has 0 bridgehead atoms. The zero-order valence-corrected chi connectivity index (χ0v) is 7.92. The standard InChI is InChI=1S/C9H12ClNO2/c10-6-1-2-7-5(3-6)4-8(11-7)9(12)13/h4-7,11H,1-3H2,(H,12,13). The molecule has 0 saturated heterocycles. The lowest BCUT2D eigenvalue weighted by atomic mass is 9.86. The molecule has 0 aromatic carbocycles. The molecular weight excluding hydrogens is 190 g/mol. The number of hydrogen-bond donors (Lipinski definition) is 2. The molecule has 0 radical (unpaired) electrons. The lowest BCUT2D eigenvalue weighted by molar-refractivity contribution is -0.133. The Kier molecular flexibility index (Phi) is 2.20. The van der Waals surface area contributed by atoms with Crippen LogP contribution in [-0.4, -0.2) is 22.5 Å². The van der Waals surface area contributed by atoms with Crippen LogP contribution >= 0.6 is 11.6 Å². The van der Waals surface area contributed by atoms with E-state index in [2.05, 4.69) is 5.32 Å². The van der Waals surface area contributed by atoms with Gasteiger partial charge in [-0.15, -0.1) is 11.6 Å². The first-order chi connectivity index (χ1) is 6.16. The SMILES string of the molecule is O=C(O)C1=CC2CC(Cl)CCC2N1. The molecule has 0 aromatic rings. The number of nitrogens with one attached hydrogen (secondary N) is 1. The quantitative estimate of drug-likeness (QED) is 0.630. The molecule has 0 aromatic heterocycles. The number of alkyl halides is 1. The summed E-state index contributed by atoms with van der Waals surface area (Å²) in [5.74, 6) is -0.539. The molecular formula is C9H12ClNO2. The summed E-state index contributed by atoms with van der Waals surface area (Å²) in [4.78, 5) is 10.7. The molecule has 2 aliphatic rings. The zero-order chi connectivity index (χ0) is 9.42. The van der Waals surface area contributed by atoms with Crippen LogP contribution in [0.5, 0.6) is 0 Å². The van der Waals surface area contributed by atoms with Gasteiger partial charge in [0.1, 0.15) is 5.70 Å². The fourth-order valence-electron chi connectivity index (χ4n) is 2.11. The summed E-state index contributed by atoms with van der Waals surface area (Å²) >= 11 is 6.01. The minimum atomic E-state index is -0.861. The number of carboxylic acids is 1. The third-order valence-electron chi connectivity index (χ3n) is 2.79. The van der Waals surface area contributed by atoms with Gasteiger partial charge < -0.3 is 10.4 Å². The van der Waals surface area contributed by atoms with Crippen LogP contribution in [0.1, 0.15) is 19.3 Å². The van der Waals surface area contributed by atoms with Crippen molar-refractivity contribution < 1.29 is 9.90 Å². The molecule has 72 valence electrons. The first kappa shape index (κ1) is 8.88. The van der Waals surface area contributed by atoms with Crippen molar-refractivity contribution in [3.63, 3.8) is 0 Å². The average Bonchev–Trinajstić information content (AvgIpc) is 2.46. The van der Waals surface area contributed by atoms with Gasteiger partial charge in [-0.1, -0.05) is 0 Å². The van der Waals surface area contributed by atoms with E-state index in [-0.39, 0.29) is 5.38 Å². The number of hydrogen-bond acceptors (Lipinski definition) is 2. The Hall–Kier alpha value is -0.700. The highest BCUT2D eigenvalue weighted by Gasteiger charge is 2.34. The minimum Gasteiger partial charge on any atom is -0.477 e. The summed E-state index contributed by atoms with van der Waals surface area (Å²) in [6.45, 7) is 0. The molecule has 1 heterocycles. The van der Waals surface area contributed by atoms with Gasteiger partial charge in [0.25, 0.3) is 0 Å². The van der Waals surface area contributed by atoms with E-state index in [1.807, 2.05) is 6.08 Å². The molecule has 1 saturated carbocycles. The molecule has 3 atom stereocenters. The van der Waals surface area contributed by atoms with E-state index in [4.69, 9.17) is 16.7 Å². The Morgan fingerprint density at radius 1 is 1.62 bits per heavy atom. The monoisotopic (exact) mass is 201 g/mol. The van der Waals surface area contributed by atoms with Crippen LogP contribution in [0, 0.1) is 5.92 Å². The molecule has 3 nitrogen and oxygen atoms in total. The predicted octanol–water partition coefficient (Wildman–Crippen LogP) is 1.33. The molecule has 3 unspecified atom stereocenters. The van der Waals surface area contributed by atoms with Crippen molar-refractivity contribution in [1.29, 1.82) is 0 Å². The fraction of sp³-hybridized carbons (Fsp3) is 0.667. The molecule has 0 spiro atoms. The summed E-state index contributed by atoms with van der Waals surface area (Å²) in [5, 5.41) is 12.0. The topological polar surface area (TPSA) is 49.3 Å². The number of halogens is 1. The molecule has 0 amide bonds. The highest BCUT2D eigenvalue weighted by Crippen LogP contribution is 2.33. The van der Waals surface area contributed by atoms with Crippen LogP contribution in [0.3, 0.4) is 0 Å². The van der Waals surface area contributed by atoms with Gasteiger partial charge in [-0.3, -0.25) is 0 Å². The number of aliphatic carboxylic acids is 1. The molecule has 13 heavy (non-hydrogen) atoms. The van der Waals surface area contributed by atoms with E-state index >= 15 is 0 Å². The molecule has 2 rings (SSSR count). The first-order valence-electron chi connectivity index (χ1n) is 4.52. The van der Waals surface area contributed by atoms with Gasteiger partial charge in [0.05, 0.1) is 0 Å². The summed E-state index contributed by atoms with van der Waals surface area (Å²) in [7, 11) is 0. The van der Waals surface area contributed by atoms with Crippen LogP contribution in [0.15, 0.2) is 11.8 Å². The van der Waals surface area contributed by atoms with Crippen LogP contribution in [-0.2, 0) is 4.79 Å². The highest BCUT2D eigenvalue weighted by molar-refractivity contribution is 6.20. The van der Waals surface area contributed by atoms with E-state index in [0.29, 0.717) is 17.7 Å². The van der Waals surface area contributed by atoms with E-state index in [0.717, 1.165) is 19.3 Å². The Balaban J connectivity index is 2.08. The number of carboxylic acid groups (broad SMARTS) is 1. The molecule has 1 aliphatic heterocycles. The van der Waals surface area contributed by atoms with E-state index in [1.165, 1.54) is 0 Å². The summed E-state index contributed by atoms with van der Waals surface area (Å²) in [5.41, 5.74) is 0.348. The Morgan fingerprint density at radius 3 is 3.08 bits per heavy atom. The van der Waals surface area contributed by atoms with Gasteiger partial charge in [-0.2, -0.15) is 0 Å². The molecule has 1 fully saturated rings. The van der Waals surface area contributed by atoms with Crippen molar-refractivity contribution in [3.05, 3.63) is 11.8 Å². The van der Waals surface area contributed by atoms with Crippen LogP contribution in [0.25, 0.3) is 0 Å². The second kappa shape index (κ2) is 3.22. The summed E-state index contributed by atoms with van der Waals surface area (Å²) in [6, 6.07) is 0.307. The lowest BCUT2D eigenvalue weighted by Gasteiger charge is -2.28. The number of fused-ring (bicyclic) bond motifs is 1. The summed E-state index contributed by atoms with van der Waals surface area (Å²) in [6.07, 6.45) is 4.67. The van der Waals surface area contributed by atoms with Gasteiger partial charge in [-0.05, 0) is 25.3 Å². The van der Waals surface area contributed by atoms with Gasteiger partial charge in [0.2, 0.25) is 0 Å². The Labute approximate surface area is 81.8 Å². The molecule has 4 heteroatoms. The minimum absolute atomic E-state index is 0.215. The van der Waals surface area contributed by atoms with E-state index < -0.39 is 5.97 Å². The van der Waals surface area contributed by atoms with Gasteiger partial charge >= 0.3 is 5.97 Å². The smallest absolute Gasteiger partial charge is 0.351 e. The van der Waals surface area contributed by atoms with Crippen molar-refractivity contribution in [3.8, 4) is 0 Å². The van der Waals surface area contributed by atoms with E-state index in [1.54, 1.807) is 0 Å². The van der Waals surface area contributed by atoms with Crippen molar-refractivity contribution in [1.82, 2.24) is 5.32 Å². The van der Waals surface area contributed by atoms with Crippen molar-refractivity contribution in [2.24, 2.45) is 5.92 Å². The number of carbonyl (C=O) groups is 1. The third kappa shape index (κ3) is 1.66. The van der Waals surface area contributed by atoms with Crippen molar-refractivity contribution >= 4 is 17.6 Å². The zero-order valence-electron chi connectivity index (χ0n) is 7.16. The maximum absolute atomic E-state index is 10.7. The van der Waals surface area contributed by atoms with Crippen molar-refractivity contribution in [2.75, 3.05) is 0 Å². The maximum Gasteiger partial charge on any atom is 0.351 e. The summed E-state index contributed by atoms with van der Waals surface area (Å²) < 4.78 is 0. The number of rotatable bonds is 1. The Bertz CT molecular complexity index is 264. The largest absolute Gasteiger partial charge is 0.477 e. The fourth-order valence-corrected chi connectivity index (χ4v) is 2.44. The third-order valence-corrected chi connectivity index (χ3v) is 3.18. The highest BCUT2D eigenvalue weighted by atomic mass is 35.5. The van der Waals surface area contributed by atoms with Crippen LogP contribution in [0.2, 0.25) is 0 Å². The van der Waals surface area contributed by atoms with Gasteiger partial charge in [0.15, 0.2) is 0 Å². The predicted molar refractivity (Wildman–Crippen MR) is 49.6 cm³/mol. The van der Waals surface area contributed by atoms with Crippen LogP contribution in [0.4, 0.5) is 0 Å². The van der Waals surface area contributed by atoms with Crippen molar-refractivity contribution in [2.45, 2.75) is 30.7 Å². The van der Waals surface area contributed by atoms with E-state index in [9.17, 15) is 4.79 Å². The Morgan fingerprint density at radius 2 is 2.38 bits per heavy atom. The van der Waals surface area contributed by atoms with Gasteiger partial charge in [0, 0.05) is 17.3 Å². The average molecular weight is 202 g/mol. The second-order valence-corrected chi connectivity index (χ2v) is 4.33. The first-order valence-corrected chi connectivity index (χ1v) is 4.96. The second-order valence-electron chi connectivity index (χ2n) is 3.71. The van der Waals surface area contributed by atoms with Gasteiger partial charge in [-0.25, -0.2) is 4.79 Å². The lowest BCUT2D eigenvalue weighted by Crippen LogP contribution is -2.35.